The molecule has 0 radical (unpaired) electrons. The Balaban J connectivity index is 1.42. The zero-order valence-electron chi connectivity index (χ0n) is 17.3. The van der Waals surface area contributed by atoms with Crippen molar-refractivity contribution in [3.05, 3.63) is 17.5 Å². The number of piperidine rings is 1. The van der Waals surface area contributed by atoms with Crippen molar-refractivity contribution in [3.8, 4) is 0 Å². The van der Waals surface area contributed by atoms with Crippen molar-refractivity contribution < 1.29 is 14.1 Å². The van der Waals surface area contributed by atoms with Gasteiger partial charge in [0, 0.05) is 45.1 Å². The summed E-state index contributed by atoms with van der Waals surface area (Å²) in [7, 11) is 0. The summed E-state index contributed by atoms with van der Waals surface area (Å²) in [6.45, 7) is 9.27. The van der Waals surface area contributed by atoms with Crippen LogP contribution in [-0.2, 0) is 22.4 Å². The third-order valence-electron chi connectivity index (χ3n) is 5.92. The number of nitrogens with zero attached hydrogens (tertiary/aromatic N) is 2. The molecule has 158 valence electrons. The molecule has 2 saturated heterocycles. The highest BCUT2D eigenvalue weighted by Gasteiger charge is 2.28. The largest absolute Gasteiger partial charge is 0.379 e. The monoisotopic (exact) mass is 392 g/mol. The van der Waals surface area contributed by atoms with E-state index in [4.69, 9.17) is 9.26 Å². The third kappa shape index (κ3) is 6.87. The van der Waals surface area contributed by atoms with Crippen molar-refractivity contribution in [2.45, 2.75) is 45.4 Å². The summed E-state index contributed by atoms with van der Waals surface area (Å²) in [5.41, 5.74) is 1.03. The lowest BCUT2D eigenvalue weighted by atomic mass is 9.81. The van der Waals surface area contributed by atoms with Gasteiger partial charge in [0.2, 0.25) is 5.91 Å². The number of aryl methyl sites for hydroxylation is 1. The van der Waals surface area contributed by atoms with E-state index in [1.807, 2.05) is 0 Å². The second-order valence-corrected chi connectivity index (χ2v) is 8.11. The molecule has 3 heterocycles. The molecule has 3 rings (SSSR count). The molecule has 2 N–H and O–H groups in total. The van der Waals surface area contributed by atoms with E-state index < -0.39 is 0 Å². The number of rotatable bonds is 10. The lowest BCUT2D eigenvalue weighted by Crippen LogP contribution is -2.43. The molecule has 0 aliphatic carbocycles. The first-order chi connectivity index (χ1) is 13.7. The van der Waals surface area contributed by atoms with Gasteiger partial charge < -0.3 is 19.9 Å². The summed E-state index contributed by atoms with van der Waals surface area (Å²) in [6.07, 6.45) is 5.78. The maximum atomic E-state index is 12.5. The van der Waals surface area contributed by atoms with Crippen LogP contribution in [0, 0.1) is 11.8 Å². The summed E-state index contributed by atoms with van der Waals surface area (Å²) in [4.78, 5) is 14.8. The second kappa shape index (κ2) is 11.5. The Morgan fingerprint density at radius 2 is 2.21 bits per heavy atom. The van der Waals surface area contributed by atoms with Gasteiger partial charge in [-0.3, -0.25) is 9.69 Å². The first-order valence-electron chi connectivity index (χ1n) is 11.0. The summed E-state index contributed by atoms with van der Waals surface area (Å²) < 4.78 is 10.8. The molecule has 0 spiro atoms. The first kappa shape index (κ1) is 21.3. The Morgan fingerprint density at radius 3 is 3.04 bits per heavy atom. The molecule has 1 aromatic heterocycles. The number of nitrogens with one attached hydrogen (secondary N) is 2. The molecule has 0 aromatic carbocycles. The van der Waals surface area contributed by atoms with E-state index in [9.17, 15) is 4.79 Å². The number of morpholine rings is 1. The molecular formula is C21H36N4O3. The minimum absolute atomic E-state index is 0.175. The van der Waals surface area contributed by atoms with Crippen LogP contribution in [0.25, 0.3) is 0 Å². The normalized spacial score (nSPS) is 23.6. The highest BCUT2D eigenvalue weighted by atomic mass is 16.5. The van der Waals surface area contributed by atoms with Gasteiger partial charge in [-0.05, 0) is 44.2 Å². The molecule has 0 saturated carbocycles. The zero-order chi connectivity index (χ0) is 19.6. The summed E-state index contributed by atoms with van der Waals surface area (Å²) in [5.74, 6) is 2.00. The second-order valence-electron chi connectivity index (χ2n) is 8.11. The van der Waals surface area contributed by atoms with E-state index in [2.05, 4.69) is 33.7 Å². The molecule has 7 nitrogen and oxygen atoms in total. The summed E-state index contributed by atoms with van der Waals surface area (Å²) in [6, 6.07) is 2.10. The molecule has 0 bridgehead atoms. The smallest absolute Gasteiger partial charge is 0.220 e. The Hall–Kier alpha value is -1.44. The lowest BCUT2D eigenvalue weighted by Gasteiger charge is -2.31. The van der Waals surface area contributed by atoms with Gasteiger partial charge in [0.25, 0.3) is 0 Å². The molecule has 1 amide bonds. The number of amides is 1. The van der Waals surface area contributed by atoms with Crippen LogP contribution in [0.2, 0.25) is 0 Å². The quantitative estimate of drug-likeness (QED) is 0.630. The minimum atomic E-state index is 0.175. The van der Waals surface area contributed by atoms with E-state index in [1.165, 1.54) is 0 Å². The highest BCUT2D eigenvalue weighted by molar-refractivity contribution is 5.76. The predicted octanol–water partition coefficient (Wildman–Crippen LogP) is 1.62. The number of carbonyl (C=O) groups is 1. The van der Waals surface area contributed by atoms with E-state index in [1.54, 1.807) is 0 Å². The van der Waals surface area contributed by atoms with Crippen molar-refractivity contribution in [3.63, 3.8) is 0 Å². The number of hydrogen-bond acceptors (Lipinski definition) is 6. The molecule has 0 unspecified atom stereocenters. The number of carbonyl (C=O) groups excluding carboxylic acids is 1. The standard InChI is InChI=1S/C21H36N4O3/c1-2-3-4-20-15-19(24-28-20)13-18-16-22-6-5-17(18)14-21(26)23-7-8-25-9-11-27-12-10-25/h15,17-18,22H,2-14,16H2,1H3,(H,23,26)/t17-,18-/m0/s1. The molecule has 2 fully saturated rings. The van der Waals surface area contributed by atoms with Crippen LogP contribution in [0.15, 0.2) is 10.6 Å². The average Bonchev–Trinajstić information content (AvgIpc) is 3.16. The van der Waals surface area contributed by atoms with Gasteiger partial charge in [0.15, 0.2) is 0 Å². The van der Waals surface area contributed by atoms with Crippen molar-refractivity contribution in [1.29, 1.82) is 0 Å². The van der Waals surface area contributed by atoms with Crippen molar-refractivity contribution in [1.82, 2.24) is 20.7 Å². The van der Waals surface area contributed by atoms with E-state index >= 15 is 0 Å². The number of ether oxygens (including phenoxy) is 1. The number of unbranched alkanes of at least 4 members (excludes halogenated alkanes) is 1. The Kier molecular flexibility index (Phi) is 8.76. The van der Waals surface area contributed by atoms with Gasteiger partial charge in [-0.1, -0.05) is 18.5 Å². The SMILES string of the molecule is CCCCc1cc(C[C@H]2CNCC[C@H]2CC(=O)NCCN2CCOCC2)no1. The molecule has 2 aliphatic rings. The topological polar surface area (TPSA) is 79.6 Å². The average molecular weight is 393 g/mol. The van der Waals surface area contributed by atoms with Crippen LogP contribution in [0.4, 0.5) is 0 Å². The maximum Gasteiger partial charge on any atom is 0.220 e. The van der Waals surface area contributed by atoms with Crippen LogP contribution >= 0.6 is 0 Å². The van der Waals surface area contributed by atoms with Gasteiger partial charge in [-0.15, -0.1) is 0 Å². The fourth-order valence-corrected chi connectivity index (χ4v) is 4.16. The van der Waals surface area contributed by atoms with Gasteiger partial charge in [0.1, 0.15) is 5.76 Å². The van der Waals surface area contributed by atoms with E-state index in [0.717, 1.165) is 96.0 Å². The third-order valence-corrected chi connectivity index (χ3v) is 5.92. The Labute approximate surface area is 168 Å². The molecule has 2 aliphatic heterocycles. The van der Waals surface area contributed by atoms with Crippen LogP contribution in [0.5, 0.6) is 0 Å². The van der Waals surface area contributed by atoms with Gasteiger partial charge in [-0.25, -0.2) is 0 Å². The lowest BCUT2D eigenvalue weighted by molar-refractivity contribution is -0.122. The van der Waals surface area contributed by atoms with Gasteiger partial charge in [0.05, 0.1) is 18.9 Å². The van der Waals surface area contributed by atoms with Crippen molar-refractivity contribution in [2.75, 3.05) is 52.5 Å². The zero-order valence-corrected chi connectivity index (χ0v) is 17.3. The minimum Gasteiger partial charge on any atom is -0.379 e. The fraction of sp³-hybridized carbons (Fsp3) is 0.810. The predicted molar refractivity (Wildman–Crippen MR) is 108 cm³/mol. The fourth-order valence-electron chi connectivity index (χ4n) is 4.16. The number of hydrogen-bond donors (Lipinski definition) is 2. The summed E-state index contributed by atoms with van der Waals surface area (Å²) in [5, 5.41) is 10.8. The van der Waals surface area contributed by atoms with Gasteiger partial charge in [-0.2, -0.15) is 0 Å². The van der Waals surface area contributed by atoms with Gasteiger partial charge >= 0.3 is 0 Å². The molecule has 2 atom stereocenters. The van der Waals surface area contributed by atoms with Crippen molar-refractivity contribution in [2.24, 2.45) is 11.8 Å². The van der Waals surface area contributed by atoms with E-state index in [-0.39, 0.29) is 5.91 Å². The maximum absolute atomic E-state index is 12.5. The first-order valence-corrected chi connectivity index (χ1v) is 11.0. The van der Waals surface area contributed by atoms with E-state index in [0.29, 0.717) is 18.3 Å². The van der Waals surface area contributed by atoms with Crippen LogP contribution in [0.3, 0.4) is 0 Å². The van der Waals surface area contributed by atoms with Crippen LogP contribution in [0.1, 0.15) is 44.1 Å². The molecule has 7 heteroatoms. The highest BCUT2D eigenvalue weighted by Crippen LogP contribution is 2.26. The molecular weight excluding hydrogens is 356 g/mol. The Morgan fingerprint density at radius 1 is 1.36 bits per heavy atom. The molecule has 1 aromatic rings. The summed E-state index contributed by atoms with van der Waals surface area (Å²) >= 11 is 0. The van der Waals surface area contributed by atoms with Crippen LogP contribution in [-0.4, -0.2) is 68.4 Å². The number of aromatic nitrogens is 1. The Bertz CT molecular complexity index is 586. The van der Waals surface area contributed by atoms with Crippen LogP contribution < -0.4 is 10.6 Å². The van der Waals surface area contributed by atoms with Crippen molar-refractivity contribution >= 4 is 5.91 Å². The molecule has 28 heavy (non-hydrogen) atoms.